The molecule has 1 aromatic heterocycles. The van der Waals surface area contributed by atoms with E-state index >= 15 is 0 Å². The molecule has 152 valence electrons. The highest BCUT2D eigenvalue weighted by molar-refractivity contribution is 5.92. The molecular weight excluding hydrogens is 362 g/mol. The van der Waals surface area contributed by atoms with Crippen LogP contribution in [-0.4, -0.2) is 62.1 Å². The third-order valence-corrected chi connectivity index (χ3v) is 5.55. The summed E-state index contributed by atoms with van der Waals surface area (Å²) < 4.78 is 0. The molecule has 1 saturated heterocycles. The Balaban J connectivity index is 1.20. The van der Waals surface area contributed by atoms with E-state index in [-0.39, 0.29) is 5.91 Å². The molecule has 3 aromatic rings. The van der Waals surface area contributed by atoms with Crippen molar-refractivity contribution in [3.05, 3.63) is 60.3 Å². The van der Waals surface area contributed by atoms with Gasteiger partial charge in [-0.2, -0.15) is 0 Å². The number of hydrogen-bond acceptors (Lipinski definition) is 4. The molecule has 2 aromatic carbocycles. The van der Waals surface area contributed by atoms with Crippen LogP contribution in [0.25, 0.3) is 10.9 Å². The van der Waals surface area contributed by atoms with Gasteiger partial charge in [0.05, 0.1) is 6.54 Å². The molecule has 1 aliphatic heterocycles. The lowest BCUT2D eigenvalue weighted by Gasteiger charge is -2.34. The van der Waals surface area contributed by atoms with Gasteiger partial charge in [-0.25, -0.2) is 0 Å². The summed E-state index contributed by atoms with van der Waals surface area (Å²) in [6.45, 7) is 5.33. The third-order valence-electron chi connectivity index (χ3n) is 5.55. The molecular formula is C23H29N5O. The smallest absolute Gasteiger partial charge is 0.238 e. The van der Waals surface area contributed by atoms with Crippen molar-refractivity contribution in [2.24, 2.45) is 0 Å². The fraction of sp³-hybridized carbons (Fsp3) is 0.348. The fourth-order valence-corrected chi connectivity index (χ4v) is 3.79. The molecule has 0 atom stereocenters. The van der Waals surface area contributed by atoms with Gasteiger partial charge >= 0.3 is 0 Å². The summed E-state index contributed by atoms with van der Waals surface area (Å²) in [6, 6.07) is 16.4. The van der Waals surface area contributed by atoms with Gasteiger partial charge in [-0.1, -0.05) is 18.2 Å². The van der Waals surface area contributed by atoms with Crippen LogP contribution in [0.4, 0.5) is 11.4 Å². The molecule has 2 heterocycles. The highest BCUT2D eigenvalue weighted by Gasteiger charge is 2.14. The van der Waals surface area contributed by atoms with Crippen LogP contribution in [0.2, 0.25) is 0 Å². The van der Waals surface area contributed by atoms with E-state index < -0.39 is 0 Å². The summed E-state index contributed by atoms with van der Waals surface area (Å²) in [5.41, 5.74) is 4.48. The van der Waals surface area contributed by atoms with E-state index in [0.717, 1.165) is 50.3 Å². The molecule has 0 bridgehead atoms. The normalized spacial score (nSPS) is 15.0. The van der Waals surface area contributed by atoms with Crippen LogP contribution in [-0.2, 0) is 11.2 Å². The molecule has 1 aliphatic rings. The number of likely N-dealkylation sites (N-methyl/N-ethyl adjacent to an activating group) is 1. The summed E-state index contributed by atoms with van der Waals surface area (Å²) in [5, 5.41) is 7.45. The number of piperazine rings is 1. The molecule has 1 amide bonds. The molecule has 0 aliphatic carbocycles. The van der Waals surface area contributed by atoms with Gasteiger partial charge in [-0.05, 0) is 55.9 Å². The Bertz CT molecular complexity index is 941. The first kappa shape index (κ1) is 19.5. The molecule has 29 heavy (non-hydrogen) atoms. The lowest BCUT2D eigenvalue weighted by Crippen LogP contribution is -2.44. The molecule has 4 rings (SSSR count). The lowest BCUT2D eigenvalue weighted by molar-refractivity contribution is -0.115. The molecule has 0 saturated carbocycles. The number of rotatable bonds is 7. The van der Waals surface area contributed by atoms with Gasteiger partial charge in [0, 0.05) is 54.7 Å². The Morgan fingerprint density at radius 1 is 1.03 bits per heavy atom. The fourth-order valence-electron chi connectivity index (χ4n) is 3.79. The second-order valence-corrected chi connectivity index (χ2v) is 7.67. The first-order valence-electron chi connectivity index (χ1n) is 10.3. The number of benzene rings is 2. The first-order chi connectivity index (χ1) is 14.2. The van der Waals surface area contributed by atoms with Gasteiger partial charge in [-0.15, -0.1) is 0 Å². The molecule has 0 unspecified atom stereocenters. The quantitative estimate of drug-likeness (QED) is 0.542. The van der Waals surface area contributed by atoms with Crippen LogP contribution in [0.15, 0.2) is 54.7 Å². The first-order valence-corrected chi connectivity index (χ1v) is 10.3. The number of carbonyl (C=O) groups excluding carboxylic acids is 1. The van der Waals surface area contributed by atoms with Crippen molar-refractivity contribution in [3.63, 3.8) is 0 Å². The lowest BCUT2D eigenvalue weighted by atomic mass is 10.1. The Morgan fingerprint density at radius 3 is 2.59 bits per heavy atom. The Morgan fingerprint density at radius 2 is 1.79 bits per heavy atom. The maximum atomic E-state index is 12.2. The van der Waals surface area contributed by atoms with Gasteiger partial charge in [0.1, 0.15) is 0 Å². The predicted octanol–water partition coefficient (Wildman–Crippen LogP) is 2.69. The second kappa shape index (κ2) is 9.11. The van der Waals surface area contributed by atoms with Gasteiger partial charge in [0.15, 0.2) is 0 Å². The number of hydrogen-bond donors (Lipinski definition) is 3. The molecule has 1 fully saturated rings. The summed E-state index contributed by atoms with van der Waals surface area (Å²) in [6.07, 6.45) is 2.94. The minimum atomic E-state index is -0.0173. The van der Waals surface area contributed by atoms with E-state index in [9.17, 15) is 4.79 Å². The van der Waals surface area contributed by atoms with Crippen molar-refractivity contribution in [1.29, 1.82) is 0 Å². The average molecular weight is 392 g/mol. The maximum Gasteiger partial charge on any atom is 0.238 e. The molecule has 3 N–H and O–H groups in total. The predicted molar refractivity (Wildman–Crippen MR) is 120 cm³/mol. The summed E-state index contributed by atoms with van der Waals surface area (Å²) >= 11 is 0. The van der Waals surface area contributed by atoms with E-state index in [0.29, 0.717) is 6.54 Å². The highest BCUT2D eigenvalue weighted by atomic mass is 16.1. The van der Waals surface area contributed by atoms with E-state index in [2.05, 4.69) is 62.8 Å². The molecule has 6 heteroatoms. The zero-order valence-electron chi connectivity index (χ0n) is 16.9. The maximum absolute atomic E-state index is 12.2. The van der Waals surface area contributed by atoms with Crippen molar-refractivity contribution >= 4 is 28.2 Å². The van der Waals surface area contributed by atoms with Gasteiger partial charge < -0.3 is 25.4 Å². The van der Waals surface area contributed by atoms with E-state index in [4.69, 9.17) is 0 Å². The third kappa shape index (κ3) is 4.96. The zero-order chi connectivity index (χ0) is 20.1. The van der Waals surface area contributed by atoms with Gasteiger partial charge in [0.25, 0.3) is 0 Å². The SMILES string of the molecule is CN1CCN(c2ccc(NC(=O)CNCCc3c[nH]c4ccccc34)cc2)CC1. The number of aromatic amines is 1. The number of aromatic nitrogens is 1. The Hall–Kier alpha value is -2.83. The second-order valence-electron chi connectivity index (χ2n) is 7.67. The number of nitrogens with zero attached hydrogens (tertiary/aromatic N) is 2. The monoisotopic (exact) mass is 391 g/mol. The van der Waals surface area contributed by atoms with Gasteiger partial charge in [-0.3, -0.25) is 4.79 Å². The van der Waals surface area contributed by atoms with Crippen LogP contribution in [0.3, 0.4) is 0 Å². The number of nitrogens with one attached hydrogen (secondary N) is 3. The standard InChI is InChI=1S/C23H29N5O/c1-27-12-14-28(15-13-27)20-8-6-19(7-9-20)26-23(29)17-24-11-10-18-16-25-22-5-3-2-4-21(18)22/h2-9,16,24-25H,10-15,17H2,1H3,(H,26,29). The Labute approximate surface area is 171 Å². The van der Waals surface area contributed by atoms with Crippen LogP contribution >= 0.6 is 0 Å². The molecule has 0 radical (unpaired) electrons. The van der Waals surface area contributed by atoms with E-state index in [1.165, 1.54) is 16.6 Å². The Kier molecular flexibility index (Phi) is 6.12. The van der Waals surface area contributed by atoms with Gasteiger partial charge in [0.2, 0.25) is 5.91 Å². The van der Waals surface area contributed by atoms with Crippen molar-refractivity contribution in [1.82, 2.24) is 15.2 Å². The number of anilines is 2. The van der Waals surface area contributed by atoms with Crippen molar-refractivity contribution in [2.45, 2.75) is 6.42 Å². The van der Waals surface area contributed by atoms with Crippen LogP contribution in [0.1, 0.15) is 5.56 Å². The van der Waals surface area contributed by atoms with Crippen molar-refractivity contribution < 1.29 is 4.79 Å². The number of H-pyrrole nitrogens is 1. The largest absolute Gasteiger partial charge is 0.369 e. The van der Waals surface area contributed by atoms with E-state index in [1.807, 2.05) is 24.4 Å². The summed E-state index contributed by atoms with van der Waals surface area (Å²) in [5.74, 6) is -0.0173. The number of amides is 1. The zero-order valence-corrected chi connectivity index (χ0v) is 16.9. The minimum absolute atomic E-state index is 0.0173. The summed E-state index contributed by atoms with van der Waals surface area (Å²) in [4.78, 5) is 20.2. The molecule has 0 spiro atoms. The highest BCUT2D eigenvalue weighted by Crippen LogP contribution is 2.19. The number of fused-ring (bicyclic) bond motifs is 1. The number of para-hydroxylation sites is 1. The topological polar surface area (TPSA) is 63.4 Å². The van der Waals surface area contributed by atoms with Crippen LogP contribution < -0.4 is 15.5 Å². The van der Waals surface area contributed by atoms with Crippen molar-refractivity contribution in [2.75, 3.05) is 56.5 Å². The minimum Gasteiger partial charge on any atom is -0.369 e. The number of carbonyl (C=O) groups is 1. The van der Waals surface area contributed by atoms with E-state index in [1.54, 1.807) is 0 Å². The van der Waals surface area contributed by atoms with Crippen LogP contribution in [0, 0.1) is 0 Å². The molecule has 6 nitrogen and oxygen atoms in total. The van der Waals surface area contributed by atoms with Crippen molar-refractivity contribution in [3.8, 4) is 0 Å². The average Bonchev–Trinajstić information content (AvgIpc) is 3.16. The summed E-state index contributed by atoms with van der Waals surface area (Å²) in [7, 11) is 2.16. The van der Waals surface area contributed by atoms with Crippen LogP contribution in [0.5, 0.6) is 0 Å².